The molecule has 4 rings (SSSR count). The van der Waals surface area contributed by atoms with Gasteiger partial charge in [0.25, 0.3) is 5.91 Å². The molecular formula is C22H26N3OS+. The SMILES string of the molecule is C[C@@H]([NH2+]CC(=O)N1CCC[C@@H](c2nc3ccccc3s2)C1)c1ccccc1. The topological polar surface area (TPSA) is 49.8 Å². The number of fused-ring (bicyclic) bond motifs is 1. The highest BCUT2D eigenvalue weighted by Gasteiger charge is 2.27. The van der Waals surface area contributed by atoms with Crippen LogP contribution in [0.2, 0.25) is 0 Å². The van der Waals surface area contributed by atoms with Gasteiger partial charge in [0.1, 0.15) is 6.04 Å². The van der Waals surface area contributed by atoms with E-state index in [2.05, 4.69) is 54.7 Å². The maximum atomic E-state index is 12.8. The van der Waals surface area contributed by atoms with Crippen molar-refractivity contribution in [3.8, 4) is 0 Å². The molecule has 1 saturated heterocycles. The Kier molecular flexibility index (Phi) is 5.50. The van der Waals surface area contributed by atoms with E-state index in [-0.39, 0.29) is 5.91 Å². The number of hydrogen-bond donors (Lipinski definition) is 1. The first-order chi connectivity index (χ1) is 13.2. The lowest BCUT2D eigenvalue weighted by Crippen LogP contribution is -2.87. The van der Waals surface area contributed by atoms with Crippen molar-refractivity contribution >= 4 is 27.5 Å². The lowest BCUT2D eigenvalue weighted by Gasteiger charge is -2.31. The predicted octanol–water partition coefficient (Wildman–Crippen LogP) is 3.33. The fraction of sp³-hybridized carbons (Fsp3) is 0.364. The molecule has 0 unspecified atom stereocenters. The van der Waals surface area contributed by atoms with E-state index < -0.39 is 0 Å². The van der Waals surface area contributed by atoms with E-state index in [0.29, 0.717) is 18.5 Å². The minimum absolute atomic E-state index is 0.239. The lowest BCUT2D eigenvalue weighted by atomic mass is 9.98. The van der Waals surface area contributed by atoms with Gasteiger partial charge in [0.05, 0.1) is 15.2 Å². The Labute approximate surface area is 164 Å². The number of hydrogen-bond acceptors (Lipinski definition) is 3. The van der Waals surface area contributed by atoms with E-state index in [1.54, 1.807) is 11.3 Å². The average molecular weight is 381 g/mol. The number of aromatic nitrogens is 1. The third-order valence-electron chi connectivity index (χ3n) is 5.41. The van der Waals surface area contributed by atoms with Crippen molar-refractivity contribution in [2.75, 3.05) is 19.6 Å². The molecule has 1 aliphatic heterocycles. The molecule has 140 valence electrons. The van der Waals surface area contributed by atoms with E-state index in [9.17, 15) is 4.79 Å². The van der Waals surface area contributed by atoms with Gasteiger partial charge < -0.3 is 10.2 Å². The van der Waals surface area contributed by atoms with Crippen LogP contribution in [0, 0.1) is 0 Å². The van der Waals surface area contributed by atoms with E-state index >= 15 is 0 Å². The zero-order valence-electron chi connectivity index (χ0n) is 15.7. The van der Waals surface area contributed by atoms with Crippen LogP contribution in [-0.2, 0) is 4.79 Å². The maximum Gasteiger partial charge on any atom is 0.277 e. The van der Waals surface area contributed by atoms with Crippen molar-refractivity contribution in [2.24, 2.45) is 0 Å². The first kappa shape index (κ1) is 18.1. The molecule has 27 heavy (non-hydrogen) atoms. The largest absolute Gasteiger partial charge is 0.337 e. The van der Waals surface area contributed by atoms with Crippen LogP contribution in [0.1, 0.15) is 42.3 Å². The fourth-order valence-electron chi connectivity index (χ4n) is 3.77. The molecule has 2 aromatic carbocycles. The van der Waals surface area contributed by atoms with Crippen LogP contribution in [0.25, 0.3) is 10.2 Å². The number of para-hydroxylation sites is 1. The highest BCUT2D eigenvalue weighted by Crippen LogP contribution is 2.32. The third kappa shape index (κ3) is 4.20. The highest BCUT2D eigenvalue weighted by atomic mass is 32.1. The van der Waals surface area contributed by atoms with Crippen LogP contribution < -0.4 is 5.32 Å². The summed E-state index contributed by atoms with van der Waals surface area (Å²) in [6, 6.07) is 19.0. The van der Waals surface area contributed by atoms with Crippen LogP contribution in [0.4, 0.5) is 0 Å². The molecule has 0 saturated carbocycles. The summed E-state index contributed by atoms with van der Waals surface area (Å²) in [5, 5.41) is 3.31. The fourth-order valence-corrected chi connectivity index (χ4v) is 4.86. The van der Waals surface area contributed by atoms with Gasteiger partial charge in [-0.3, -0.25) is 4.79 Å². The Morgan fingerprint density at radius 1 is 1.22 bits per heavy atom. The normalized spacial score (nSPS) is 18.6. The minimum Gasteiger partial charge on any atom is -0.337 e. The standard InChI is InChI=1S/C22H25N3OS/c1-16(17-8-3-2-4-9-17)23-14-21(26)25-13-7-10-18(15-25)22-24-19-11-5-6-12-20(19)27-22/h2-6,8-9,11-12,16,18,23H,7,10,13-15H2,1H3/p+1/t16-,18-/m1/s1. The molecule has 2 N–H and O–H groups in total. The molecule has 3 aromatic rings. The molecule has 4 nitrogen and oxygen atoms in total. The summed E-state index contributed by atoms with van der Waals surface area (Å²) in [6.07, 6.45) is 2.17. The minimum atomic E-state index is 0.239. The number of nitrogens with zero attached hydrogens (tertiary/aromatic N) is 2. The molecule has 0 aliphatic carbocycles. The Balaban J connectivity index is 1.36. The number of carbonyl (C=O) groups excluding carboxylic acids is 1. The molecule has 1 aromatic heterocycles. The summed E-state index contributed by atoms with van der Waals surface area (Å²) in [4.78, 5) is 19.6. The van der Waals surface area contributed by atoms with E-state index in [1.807, 2.05) is 17.0 Å². The van der Waals surface area contributed by atoms with Gasteiger partial charge in [-0.25, -0.2) is 4.98 Å². The average Bonchev–Trinajstić information content (AvgIpc) is 3.17. The van der Waals surface area contributed by atoms with Crippen molar-refractivity contribution in [2.45, 2.75) is 31.7 Å². The molecule has 0 radical (unpaired) electrons. The molecule has 2 atom stereocenters. The second-order valence-corrected chi connectivity index (χ2v) is 8.40. The maximum absolute atomic E-state index is 12.8. The Hall–Kier alpha value is -2.24. The second-order valence-electron chi connectivity index (χ2n) is 7.34. The van der Waals surface area contributed by atoms with Crippen LogP contribution in [0.3, 0.4) is 0 Å². The number of quaternary nitrogens is 1. The van der Waals surface area contributed by atoms with Crippen molar-refractivity contribution in [1.82, 2.24) is 9.88 Å². The summed E-state index contributed by atoms with van der Waals surface area (Å²) in [7, 11) is 0. The number of likely N-dealkylation sites (tertiary alicyclic amines) is 1. The van der Waals surface area contributed by atoms with Gasteiger partial charge in [-0.05, 0) is 31.9 Å². The van der Waals surface area contributed by atoms with Crippen molar-refractivity contribution in [3.05, 3.63) is 65.2 Å². The number of carbonyl (C=O) groups is 1. The summed E-state index contributed by atoms with van der Waals surface area (Å²) >= 11 is 1.78. The number of amides is 1. The van der Waals surface area contributed by atoms with Gasteiger partial charge in [-0.15, -0.1) is 11.3 Å². The monoisotopic (exact) mass is 380 g/mol. The smallest absolute Gasteiger partial charge is 0.277 e. The number of nitrogens with two attached hydrogens (primary N) is 1. The van der Waals surface area contributed by atoms with Crippen LogP contribution in [0.15, 0.2) is 54.6 Å². The number of benzene rings is 2. The summed E-state index contributed by atoms with van der Waals surface area (Å²) in [5.74, 6) is 0.607. The van der Waals surface area contributed by atoms with E-state index in [4.69, 9.17) is 4.98 Å². The Bertz CT molecular complexity index is 875. The van der Waals surface area contributed by atoms with Crippen molar-refractivity contribution < 1.29 is 10.1 Å². The molecule has 0 spiro atoms. The van der Waals surface area contributed by atoms with E-state index in [0.717, 1.165) is 31.4 Å². The molecule has 0 bridgehead atoms. The van der Waals surface area contributed by atoms with Crippen molar-refractivity contribution in [3.63, 3.8) is 0 Å². The molecule has 1 amide bonds. The first-order valence-corrected chi connectivity index (χ1v) is 10.5. The van der Waals surface area contributed by atoms with Gasteiger partial charge in [-0.2, -0.15) is 0 Å². The van der Waals surface area contributed by atoms with Gasteiger partial charge in [0.15, 0.2) is 6.54 Å². The zero-order chi connectivity index (χ0) is 18.6. The number of thiazole rings is 1. The molecular weight excluding hydrogens is 354 g/mol. The predicted molar refractivity (Wildman–Crippen MR) is 110 cm³/mol. The van der Waals surface area contributed by atoms with Gasteiger partial charge in [0, 0.05) is 24.6 Å². The Morgan fingerprint density at radius 2 is 2.00 bits per heavy atom. The van der Waals surface area contributed by atoms with Crippen LogP contribution in [-0.4, -0.2) is 35.4 Å². The Morgan fingerprint density at radius 3 is 2.81 bits per heavy atom. The van der Waals surface area contributed by atoms with Crippen LogP contribution in [0.5, 0.6) is 0 Å². The van der Waals surface area contributed by atoms with E-state index in [1.165, 1.54) is 15.3 Å². The highest BCUT2D eigenvalue weighted by molar-refractivity contribution is 7.18. The third-order valence-corrected chi connectivity index (χ3v) is 6.60. The quantitative estimate of drug-likeness (QED) is 0.738. The van der Waals surface area contributed by atoms with Gasteiger partial charge in [-0.1, -0.05) is 42.5 Å². The van der Waals surface area contributed by atoms with Gasteiger partial charge >= 0.3 is 0 Å². The van der Waals surface area contributed by atoms with Crippen molar-refractivity contribution in [1.29, 1.82) is 0 Å². The first-order valence-electron chi connectivity index (χ1n) is 9.72. The summed E-state index contributed by atoms with van der Waals surface area (Å²) < 4.78 is 1.24. The molecule has 2 heterocycles. The zero-order valence-corrected chi connectivity index (χ0v) is 16.5. The second kappa shape index (κ2) is 8.19. The molecule has 1 aliphatic rings. The van der Waals surface area contributed by atoms with Crippen LogP contribution >= 0.6 is 11.3 Å². The molecule has 1 fully saturated rings. The summed E-state index contributed by atoms with van der Waals surface area (Å²) in [6.45, 7) is 4.32. The molecule has 5 heteroatoms. The lowest BCUT2D eigenvalue weighted by molar-refractivity contribution is -0.683. The number of rotatable bonds is 5. The number of piperidine rings is 1. The van der Waals surface area contributed by atoms with Gasteiger partial charge in [0.2, 0.25) is 0 Å². The summed E-state index contributed by atoms with van der Waals surface area (Å²) in [5.41, 5.74) is 2.34.